The summed E-state index contributed by atoms with van der Waals surface area (Å²) >= 11 is 0. The Kier molecular flexibility index (Phi) is 4.69. The first kappa shape index (κ1) is 19.6. The van der Waals surface area contributed by atoms with E-state index in [1.54, 1.807) is 12.1 Å². The third kappa shape index (κ3) is 3.40. The van der Waals surface area contributed by atoms with Crippen LogP contribution in [-0.4, -0.2) is 30.0 Å². The summed E-state index contributed by atoms with van der Waals surface area (Å²) < 4.78 is 64.5. The molecule has 1 aliphatic heterocycles. The zero-order valence-electron chi connectivity index (χ0n) is 14.3. The number of nitrogens with zero attached hydrogens (tertiary/aromatic N) is 1. The lowest BCUT2D eigenvalue weighted by Crippen LogP contribution is -2.42. The summed E-state index contributed by atoms with van der Waals surface area (Å²) in [6, 6.07) is 7.92. The number of rotatable bonds is 4. The van der Waals surface area contributed by atoms with Gasteiger partial charge in [-0.3, -0.25) is 4.79 Å². The van der Waals surface area contributed by atoms with Crippen LogP contribution in [0, 0.1) is 5.92 Å². The maximum atomic E-state index is 12.6. The van der Waals surface area contributed by atoms with Gasteiger partial charge in [-0.1, -0.05) is 38.1 Å². The average molecular weight is 403 g/mol. The Bertz CT molecular complexity index is 1020. The fraction of sp³-hybridized carbons (Fsp3) is 0.353. The van der Waals surface area contributed by atoms with Crippen molar-refractivity contribution in [3.05, 3.63) is 47.0 Å². The second kappa shape index (κ2) is 6.47. The third-order valence-corrected chi connectivity index (χ3v) is 5.03. The molecule has 0 fully saturated rings. The Morgan fingerprint density at radius 1 is 1.26 bits per heavy atom. The van der Waals surface area contributed by atoms with Gasteiger partial charge in [-0.15, -0.1) is 4.28 Å². The van der Waals surface area contributed by atoms with Crippen LogP contribution in [0.4, 0.5) is 13.2 Å². The highest BCUT2D eigenvalue weighted by Crippen LogP contribution is 2.39. The molecule has 1 amide bonds. The molecule has 0 saturated carbocycles. The monoisotopic (exact) mass is 403 g/mol. The molecule has 2 aromatic rings. The number of alkyl halides is 3. The first-order chi connectivity index (χ1) is 12.4. The van der Waals surface area contributed by atoms with E-state index >= 15 is 0 Å². The van der Waals surface area contributed by atoms with E-state index in [0.29, 0.717) is 17.2 Å². The van der Waals surface area contributed by atoms with Gasteiger partial charge in [-0.2, -0.15) is 26.7 Å². The number of hydrogen-bond donors (Lipinski definition) is 1. The molecule has 1 aliphatic rings. The van der Waals surface area contributed by atoms with E-state index in [1.807, 2.05) is 19.9 Å². The minimum Gasteiger partial charge on any atom is -0.367 e. The minimum atomic E-state index is -6.12. The first-order valence-corrected chi connectivity index (χ1v) is 9.41. The van der Waals surface area contributed by atoms with E-state index in [2.05, 4.69) is 4.28 Å². The number of aliphatic hydroxyl groups excluding tert-OH is 1. The molecular formula is C17H16F3NO5S. The second-order valence-corrected chi connectivity index (χ2v) is 8.19. The Balaban J connectivity index is 2.14. The van der Waals surface area contributed by atoms with Crippen molar-refractivity contribution < 1.29 is 35.8 Å². The van der Waals surface area contributed by atoms with Crippen molar-refractivity contribution in [1.29, 1.82) is 0 Å². The molecule has 27 heavy (non-hydrogen) atoms. The maximum Gasteiger partial charge on any atom is 0.525 e. The molecule has 0 radical (unpaired) electrons. The van der Waals surface area contributed by atoms with E-state index in [1.165, 1.54) is 12.1 Å². The molecule has 1 atom stereocenters. The van der Waals surface area contributed by atoms with Gasteiger partial charge in [0.25, 0.3) is 5.91 Å². The highest BCUT2D eigenvalue weighted by Gasteiger charge is 2.51. The van der Waals surface area contributed by atoms with E-state index in [9.17, 15) is 31.5 Å². The van der Waals surface area contributed by atoms with Gasteiger partial charge >= 0.3 is 15.6 Å². The fourth-order valence-corrected chi connectivity index (χ4v) is 3.52. The van der Waals surface area contributed by atoms with E-state index < -0.39 is 27.8 Å². The molecule has 0 saturated heterocycles. The molecule has 3 rings (SSSR count). The van der Waals surface area contributed by atoms with Crippen LogP contribution in [0.25, 0.3) is 10.8 Å². The normalized spacial score (nSPS) is 17.8. The Hall–Kier alpha value is -2.17. The van der Waals surface area contributed by atoms with Gasteiger partial charge in [-0.25, -0.2) is 0 Å². The summed E-state index contributed by atoms with van der Waals surface area (Å²) in [5.74, 6) is -0.914. The summed E-state index contributed by atoms with van der Waals surface area (Å²) in [5.41, 5.74) is -4.90. The lowest BCUT2D eigenvalue weighted by atomic mass is 9.90. The minimum absolute atomic E-state index is 0.0544. The molecule has 0 spiro atoms. The predicted molar refractivity (Wildman–Crippen MR) is 89.7 cm³/mol. The van der Waals surface area contributed by atoms with Crippen molar-refractivity contribution in [3.63, 3.8) is 0 Å². The first-order valence-electron chi connectivity index (χ1n) is 8.00. The zero-order valence-corrected chi connectivity index (χ0v) is 15.1. The van der Waals surface area contributed by atoms with E-state index in [4.69, 9.17) is 0 Å². The van der Waals surface area contributed by atoms with Crippen molar-refractivity contribution in [1.82, 2.24) is 5.06 Å². The highest BCUT2D eigenvalue weighted by molar-refractivity contribution is 7.87. The largest absolute Gasteiger partial charge is 0.525 e. The predicted octanol–water partition coefficient (Wildman–Crippen LogP) is 3.27. The van der Waals surface area contributed by atoms with Crippen LogP contribution in [-0.2, 0) is 20.8 Å². The number of aliphatic hydroxyl groups is 1. The molecule has 6 nitrogen and oxygen atoms in total. The standard InChI is InChI=1S/C17H16F3NO5S/c1-9(2)6-10-7-11-4-3-5-12-14(11)13(8-10)16(23)21(15(12)22)26-27(24,25)17(18,19)20/h3-5,7-9,16,23H,6H2,1-2H3. The van der Waals surface area contributed by atoms with Crippen molar-refractivity contribution >= 4 is 26.8 Å². The summed E-state index contributed by atoms with van der Waals surface area (Å²) in [5, 5.41) is 11.3. The smallest absolute Gasteiger partial charge is 0.367 e. The molecule has 1 heterocycles. The lowest BCUT2D eigenvalue weighted by Gasteiger charge is -2.32. The second-order valence-electron chi connectivity index (χ2n) is 6.67. The number of amides is 1. The van der Waals surface area contributed by atoms with Crippen LogP contribution in [0.15, 0.2) is 30.3 Å². The van der Waals surface area contributed by atoms with Crippen molar-refractivity contribution in [2.75, 3.05) is 0 Å². The van der Waals surface area contributed by atoms with Gasteiger partial charge in [0.15, 0.2) is 6.23 Å². The van der Waals surface area contributed by atoms with Gasteiger partial charge in [0.1, 0.15) is 0 Å². The molecule has 10 heteroatoms. The molecule has 146 valence electrons. The van der Waals surface area contributed by atoms with Crippen LogP contribution in [0.3, 0.4) is 0 Å². The maximum absolute atomic E-state index is 12.6. The molecule has 1 unspecified atom stereocenters. The van der Waals surface area contributed by atoms with E-state index in [-0.39, 0.29) is 22.1 Å². The van der Waals surface area contributed by atoms with Gasteiger partial charge in [-0.05, 0) is 29.4 Å². The molecular weight excluding hydrogens is 387 g/mol. The number of hydrogen-bond acceptors (Lipinski definition) is 5. The summed E-state index contributed by atoms with van der Waals surface area (Å²) in [4.78, 5) is 12.5. The van der Waals surface area contributed by atoms with Crippen molar-refractivity contribution in [3.8, 4) is 0 Å². The quantitative estimate of drug-likeness (QED) is 0.793. The van der Waals surface area contributed by atoms with E-state index in [0.717, 1.165) is 5.56 Å². The van der Waals surface area contributed by atoms with Crippen LogP contribution in [0.5, 0.6) is 0 Å². The highest BCUT2D eigenvalue weighted by atomic mass is 32.2. The molecule has 0 aromatic heterocycles. The number of benzene rings is 2. The Morgan fingerprint density at radius 3 is 2.52 bits per heavy atom. The summed E-state index contributed by atoms with van der Waals surface area (Å²) in [7, 11) is -6.12. The van der Waals surface area contributed by atoms with Crippen molar-refractivity contribution in [2.24, 2.45) is 5.92 Å². The number of halogens is 3. The summed E-state index contributed by atoms with van der Waals surface area (Å²) in [6.07, 6.45) is -1.38. The Morgan fingerprint density at radius 2 is 1.93 bits per heavy atom. The van der Waals surface area contributed by atoms with Crippen LogP contribution in [0.2, 0.25) is 0 Å². The lowest BCUT2D eigenvalue weighted by molar-refractivity contribution is -0.151. The van der Waals surface area contributed by atoms with Crippen molar-refractivity contribution in [2.45, 2.75) is 32.0 Å². The Labute approximate surface area is 153 Å². The number of hydroxylamine groups is 2. The average Bonchev–Trinajstić information content (AvgIpc) is 2.54. The molecule has 0 bridgehead atoms. The fourth-order valence-electron chi connectivity index (χ4n) is 3.08. The van der Waals surface area contributed by atoms with Gasteiger partial charge in [0.05, 0.1) is 5.56 Å². The number of carbonyl (C=O) groups excluding carboxylic acids is 1. The SMILES string of the molecule is CC(C)Cc1cc2c3c(cccc3c1)C(=O)N(OS(=O)(=O)C(F)(F)F)C2O. The van der Waals surface area contributed by atoms with Crippen LogP contribution < -0.4 is 0 Å². The van der Waals surface area contributed by atoms with Crippen LogP contribution >= 0.6 is 0 Å². The van der Waals surface area contributed by atoms with Gasteiger partial charge in [0, 0.05) is 10.9 Å². The van der Waals surface area contributed by atoms with Gasteiger partial charge < -0.3 is 5.11 Å². The van der Waals surface area contributed by atoms with Crippen LogP contribution in [0.1, 0.15) is 41.6 Å². The molecule has 0 aliphatic carbocycles. The molecule has 2 aromatic carbocycles. The molecule has 1 N–H and O–H groups in total. The zero-order chi connectivity index (χ0) is 20.1. The van der Waals surface area contributed by atoms with Gasteiger partial charge in [0.2, 0.25) is 0 Å². The topological polar surface area (TPSA) is 83.9 Å². The third-order valence-electron chi connectivity index (χ3n) is 4.10. The number of carbonyl (C=O) groups is 1. The summed E-state index contributed by atoms with van der Waals surface area (Å²) in [6.45, 7) is 3.94.